The van der Waals surface area contributed by atoms with Crippen LogP contribution >= 0.6 is 0 Å². The van der Waals surface area contributed by atoms with Gasteiger partial charge in [0.25, 0.3) is 5.91 Å². The highest BCUT2D eigenvalue weighted by atomic mass is 19.1. The van der Waals surface area contributed by atoms with E-state index in [0.717, 1.165) is 5.56 Å². The fraction of sp³-hybridized carbons (Fsp3) is 0.0500. The van der Waals surface area contributed by atoms with Gasteiger partial charge in [-0.1, -0.05) is 0 Å². The number of aromatic nitrogens is 6. The van der Waals surface area contributed by atoms with Gasteiger partial charge >= 0.3 is 0 Å². The van der Waals surface area contributed by atoms with Crippen LogP contribution < -0.4 is 5.32 Å². The number of hydrogen-bond donors (Lipinski definition) is 1. The summed E-state index contributed by atoms with van der Waals surface area (Å²) in [5.74, 6) is -0.880. The Morgan fingerprint density at radius 3 is 2.52 bits per heavy atom. The molecule has 0 saturated heterocycles. The third-order valence-electron chi connectivity index (χ3n) is 4.06. The van der Waals surface area contributed by atoms with Gasteiger partial charge in [-0.2, -0.15) is 10.2 Å². The first-order valence-corrected chi connectivity index (χ1v) is 8.63. The van der Waals surface area contributed by atoms with Gasteiger partial charge in [-0.3, -0.25) is 24.7 Å². The highest BCUT2D eigenvalue weighted by molar-refractivity contribution is 5.92. The lowest BCUT2D eigenvalue weighted by Crippen LogP contribution is -2.23. The lowest BCUT2D eigenvalue weighted by Gasteiger charge is -2.07. The van der Waals surface area contributed by atoms with Crippen LogP contribution in [0.3, 0.4) is 0 Å². The molecule has 1 N–H and O–H groups in total. The number of pyridine rings is 2. The second-order valence-electron chi connectivity index (χ2n) is 6.01. The van der Waals surface area contributed by atoms with Crippen molar-refractivity contribution in [3.05, 3.63) is 84.7 Å². The topological polar surface area (TPSA) is 106 Å². The molecule has 0 atom stereocenters. The molecule has 8 nitrogen and oxygen atoms in total. The van der Waals surface area contributed by atoms with E-state index in [9.17, 15) is 9.18 Å². The molecule has 1 amide bonds. The molecule has 0 aliphatic carbocycles. The zero-order valence-electron chi connectivity index (χ0n) is 15.0. The van der Waals surface area contributed by atoms with Crippen LogP contribution in [0.2, 0.25) is 0 Å². The monoisotopic (exact) mass is 387 g/mol. The zero-order valence-corrected chi connectivity index (χ0v) is 15.0. The van der Waals surface area contributed by atoms with Crippen molar-refractivity contribution in [3.8, 4) is 22.5 Å². The molecule has 0 unspecified atom stereocenters. The summed E-state index contributed by atoms with van der Waals surface area (Å²) in [4.78, 5) is 28.8. The molecule has 4 aromatic rings. The Labute approximate surface area is 164 Å². The molecule has 0 saturated carbocycles. The number of amides is 1. The predicted molar refractivity (Wildman–Crippen MR) is 102 cm³/mol. The normalized spacial score (nSPS) is 10.5. The first-order valence-electron chi connectivity index (χ1n) is 8.63. The fourth-order valence-corrected chi connectivity index (χ4v) is 2.62. The molecule has 0 aliphatic rings. The van der Waals surface area contributed by atoms with Crippen LogP contribution in [0, 0.1) is 5.82 Å². The van der Waals surface area contributed by atoms with E-state index in [1.807, 2.05) is 0 Å². The van der Waals surface area contributed by atoms with Crippen LogP contribution in [-0.4, -0.2) is 36.0 Å². The maximum absolute atomic E-state index is 14.3. The van der Waals surface area contributed by atoms with E-state index in [1.54, 1.807) is 43.0 Å². The number of halogens is 1. The van der Waals surface area contributed by atoms with Gasteiger partial charge in [-0.25, -0.2) is 4.39 Å². The van der Waals surface area contributed by atoms with Gasteiger partial charge in [0, 0.05) is 42.5 Å². The van der Waals surface area contributed by atoms with Crippen LogP contribution in [-0.2, 0) is 6.54 Å². The van der Waals surface area contributed by atoms with Crippen molar-refractivity contribution in [1.29, 1.82) is 0 Å². The summed E-state index contributed by atoms with van der Waals surface area (Å²) < 4.78 is 14.3. The molecule has 0 aliphatic heterocycles. The summed E-state index contributed by atoms with van der Waals surface area (Å²) in [6.07, 6.45) is 10.7. The Bertz CT molecular complexity index is 1120. The second-order valence-corrected chi connectivity index (χ2v) is 6.01. The predicted octanol–water partition coefficient (Wildman–Crippen LogP) is 2.46. The average Bonchev–Trinajstić information content (AvgIpc) is 2.79. The highest BCUT2D eigenvalue weighted by Gasteiger charge is 2.11. The van der Waals surface area contributed by atoms with E-state index in [0.29, 0.717) is 16.8 Å². The number of rotatable bonds is 5. The first-order chi connectivity index (χ1) is 14.2. The lowest BCUT2D eigenvalue weighted by atomic mass is 10.1. The van der Waals surface area contributed by atoms with Crippen molar-refractivity contribution in [3.63, 3.8) is 0 Å². The van der Waals surface area contributed by atoms with E-state index in [-0.39, 0.29) is 23.8 Å². The van der Waals surface area contributed by atoms with Crippen molar-refractivity contribution < 1.29 is 9.18 Å². The number of carbonyl (C=O) groups excluding carboxylic acids is 1. The van der Waals surface area contributed by atoms with Crippen molar-refractivity contribution >= 4 is 5.91 Å². The molecule has 4 rings (SSSR count). The van der Waals surface area contributed by atoms with Crippen LogP contribution in [0.1, 0.15) is 16.1 Å². The molecular weight excluding hydrogens is 373 g/mol. The van der Waals surface area contributed by atoms with Gasteiger partial charge in [-0.15, -0.1) is 0 Å². The van der Waals surface area contributed by atoms with E-state index in [2.05, 4.69) is 35.5 Å². The van der Waals surface area contributed by atoms with Gasteiger partial charge in [0.05, 0.1) is 24.3 Å². The minimum atomic E-state index is -0.504. The highest BCUT2D eigenvalue weighted by Crippen LogP contribution is 2.19. The second kappa shape index (κ2) is 8.26. The first kappa shape index (κ1) is 18.2. The van der Waals surface area contributed by atoms with Crippen molar-refractivity contribution in [2.75, 3.05) is 0 Å². The molecule has 4 aromatic heterocycles. The van der Waals surface area contributed by atoms with E-state index in [1.165, 1.54) is 24.7 Å². The summed E-state index contributed by atoms with van der Waals surface area (Å²) >= 11 is 0. The van der Waals surface area contributed by atoms with Crippen LogP contribution in [0.25, 0.3) is 22.5 Å². The molecule has 29 heavy (non-hydrogen) atoms. The van der Waals surface area contributed by atoms with Gasteiger partial charge in [0.15, 0.2) is 0 Å². The Morgan fingerprint density at radius 2 is 1.83 bits per heavy atom. The number of hydrogen-bond acceptors (Lipinski definition) is 7. The van der Waals surface area contributed by atoms with Crippen molar-refractivity contribution in [2.45, 2.75) is 6.54 Å². The average molecular weight is 387 g/mol. The quantitative estimate of drug-likeness (QED) is 0.560. The Kier molecular flexibility index (Phi) is 5.19. The SMILES string of the molecule is O=C(NCc1cnc(-c2ccnnc2)c(F)c1)c1ccc(-c2cnccn2)cn1. The number of nitrogens with one attached hydrogen (secondary N) is 1. The maximum atomic E-state index is 14.3. The van der Waals surface area contributed by atoms with Crippen molar-refractivity contribution in [2.24, 2.45) is 0 Å². The Hall–Kier alpha value is -4.14. The van der Waals surface area contributed by atoms with E-state index < -0.39 is 5.82 Å². The van der Waals surface area contributed by atoms with Gasteiger partial charge in [0.1, 0.15) is 17.2 Å². The molecule has 0 bridgehead atoms. The lowest BCUT2D eigenvalue weighted by molar-refractivity contribution is 0.0946. The minimum absolute atomic E-state index is 0.116. The van der Waals surface area contributed by atoms with Crippen molar-refractivity contribution in [1.82, 2.24) is 35.5 Å². The number of carbonyl (C=O) groups is 1. The largest absolute Gasteiger partial charge is 0.347 e. The van der Waals surface area contributed by atoms with Gasteiger partial charge in [0.2, 0.25) is 0 Å². The number of nitrogens with zero attached hydrogens (tertiary/aromatic N) is 6. The fourth-order valence-electron chi connectivity index (χ4n) is 2.62. The Morgan fingerprint density at radius 1 is 0.897 bits per heavy atom. The smallest absolute Gasteiger partial charge is 0.270 e. The maximum Gasteiger partial charge on any atom is 0.270 e. The van der Waals surface area contributed by atoms with E-state index >= 15 is 0 Å². The molecule has 0 aromatic carbocycles. The molecular formula is C20H14FN7O. The molecule has 142 valence electrons. The summed E-state index contributed by atoms with van der Waals surface area (Å²) in [5.41, 5.74) is 2.89. The third-order valence-corrected chi connectivity index (χ3v) is 4.06. The summed E-state index contributed by atoms with van der Waals surface area (Å²) in [6.45, 7) is 0.116. The van der Waals surface area contributed by atoms with Crippen LogP contribution in [0.5, 0.6) is 0 Å². The Balaban J connectivity index is 1.41. The zero-order chi connectivity index (χ0) is 20.1. The van der Waals surface area contributed by atoms with Gasteiger partial charge in [-0.05, 0) is 29.8 Å². The van der Waals surface area contributed by atoms with Crippen LogP contribution in [0.4, 0.5) is 4.39 Å². The summed E-state index contributed by atoms with van der Waals surface area (Å²) in [7, 11) is 0. The third kappa shape index (κ3) is 4.24. The molecule has 0 spiro atoms. The minimum Gasteiger partial charge on any atom is -0.347 e. The molecule has 0 radical (unpaired) electrons. The van der Waals surface area contributed by atoms with E-state index in [4.69, 9.17) is 0 Å². The molecule has 4 heterocycles. The molecule has 0 fully saturated rings. The van der Waals surface area contributed by atoms with Crippen LogP contribution in [0.15, 0.2) is 67.6 Å². The summed E-state index contributed by atoms with van der Waals surface area (Å²) in [5, 5.41) is 10.1. The summed E-state index contributed by atoms with van der Waals surface area (Å²) in [6, 6.07) is 6.28. The van der Waals surface area contributed by atoms with Gasteiger partial charge < -0.3 is 5.32 Å². The standard InChI is InChI=1S/C20H14FN7O/c21-16-7-13(8-25-19(16)15-3-4-27-28-11-15)9-26-20(29)17-2-1-14(10-24-17)18-12-22-5-6-23-18/h1-8,10-12H,9H2,(H,26,29). The molecule has 9 heteroatoms.